The van der Waals surface area contributed by atoms with Crippen molar-refractivity contribution >= 4 is 29.5 Å². The van der Waals surface area contributed by atoms with Gasteiger partial charge in [-0.2, -0.15) is 0 Å². The fourth-order valence-electron chi connectivity index (χ4n) is 2.78. The lowest BCUT2D eigenvalue weighted by Crippen LogP contribution is -2.44. The first kappa shape index (κ1) is 18.0. The zero-order valence-electron chi connectivity index (χ0n) is 14.4. The summed E-state index contributed by atoms with van der Waals surface area (Å²) in [6.07, 6.45) is 4.91. The summed E-state index contributed by atoms with van der Waals surface area (Å²) >= 11 is 5.88. The van der Waals surface area contributed by atoms with Gasteiger partial charge in [0.25, 0.3) is 0 Å². The maximum absolute atomic E-state index is 12.8. The topological polar surface area (TPSA) is 49.4 Å². The molecule has 1 N–H and O–H groups in total. The molecule has 0 saturated heterocycles. The van der Waals surface area contributed by atoms with E-state index < -0.39 is 6.04 Å². The Morgan fingerprint density at radius 2 is 1.85 bits per heavy atom. The Bertz CT molecular complexity index is 857. The van der Waals surface area contributed by atoms with Crippen LogP contribution >= 0.6 is 11.6 Å². The quantitative estimate of drug-likeness (QED) is 0.786. The molecule has 132 valence electrons. The summed E-state index contributed by atoms with van der Waals surface area (Å²) < 4.78 is 0. The van der Waals surface area contributed by atoms with Crippen molar-refractivity contribution < 1.29 is 9.59 Å². The van der Waals surface area contributed by atoms with E-state index in [1.54, 1.807) is 24.4 Å². The van der Waals surface area contributed by atoms with Gasteiger partial charge in [0, 0.05) is 23.3 Å². The maximum Gasteiger partial charge on any atom is 0.322 e. The summed E-state index contributed by atoms with van der Waals surface area (Å²) in [5, 5.41) is 3.56. The molecule has 1 unspecified atom stereocenters. The molecule has 0 saturated carbocycles. The lowest BCUT2D eigenvalue weighted by Gasteiger charge is -2.31. The highest BCUT2D eigenvalue weighted by molar-refractivity contribution is 6.30. The maximum atomic E-state index is 12.8. The van der Waals surface area contributed by atoms with Crippen molar-refractivity contribution in [3.63, 3.8) is 0 Å². The molecule has 0 spiro atoms. The van der Waals surface area contributed by atoms with Crippen molar-refractivity contribution in [1.29, 1.82) is 0 Å². The molecule has 4 nitrogen and oxygen atoms in total. The van der Waals surface area contributed by atoms with E-state index in [-0.39, 0.29) is 11.8 Å². The number of hydrogen-bond acceptors (Lipinski definition) is 2. The van der Waals surface area contributed by atoms with Gasteiger partial charge >= 0.3 is 6.03 Å². The second-order valence-corrected chi connectivity index (χ2v) is 6.35. The third kappa shape index (κ3) is 4.03. The average molecular weight is 367 g/mol. The Balaban J connectivity index is 1.90. The number of halogens is 1. The van der Waals surface area contributed by atoms with E-state index >= 15 is 0 Å². The third-order valence-corrected chi connectivity index (χ3v) is 4.44. The normalized spacial score (nSPS) is 17.2. The predicted molar refractivity (Wildman–Crippen MR) is 104 cm³/mol. The number of hydrogen-bond donors (Lipinski definition) is 1. The van der Waals surface area contributed by atoms with Crippen LogP contribution < -0.4 is 5.32 Å². The van der Waals surface area contributed by atoms with Crippen molar-refractivity contribution in [3.05, 3.63) is 88.6 Å². The molecule has 2 aromatic carbocycles. The zero-order chi connectivity index (χ0) is 18.5. The molecular weight excluding hydrogens is 348 g/mol. The van der Waals surface area contributed by atoms with Gasteiger partial charge in [-0.15, -0.1) is 0 Å². The molecule has 1 heterocycles. The van der Waals surface area contributed by atoms with Crippen LogP contribution in [0.3, 0.4) is 0 Å². The average Bonchev–Trinajstić information content (AvgIpc) is 2.67. The zero-order valence-corrected chi connectivity index (χ0v) is 15.1. The highest BCUT2D eigenvalue weighted by Gasteiger charge is 2.30. The number of urea groups is 1. The van der Waals surface area contributed by atoms with Gasteiger partial charge in [0.05, 0.1) is 6.04 Å². The Hall–Kier alpha value is -2.85. The van der Waals surface area contributed by atoms with Crippen molar-refractivity contribution in [1.82, 2.24) is 10.2 Å². The molecule has 2 aromatic rings. The second-order valence-electron chi connectivity index (χ2n) is 5.91. The van der Waals surface area contributed by atoms with Crippen LogP contribution in [-0.2, 0) is 4.79 Å². The van der Waals surface area contributed by atoms with Crippen LogP contribution in [0.2, 0.25) is 5.02 Å². The summed E-state index contributed by atoms with van der Waals surface area (Å²) in [6, 6.07) is 16.0. The number of carbonyl (C=O) groups excluding carboxylic acids is 2. The van der Waals surface area contributed by atoms with Crippen LogP contribution in [0, 0.1) is 0 Å². The van der Waals surface area contributed by atoms with E-state index in [1.807, 2.05) is 49.4 Å². The Kier molecular flexibility index (Phi) is 5.54. The molecule has 0 radical (unpaired) electrons. The van der Waals surface area contributed by atoms with Crippen LogP contribution in [0.1, 0.15) is 24.1 Å². The molecule has 2 amide bonds. The molecule has 0 aromatic heterocycles. The van der Waals surface area contributed by atoms with E-state index in [0.717, 1.165) is 11.1 Å². The summed E-state index contributed by atoms with van der Waals surface area (Å²) in [4.78, 5) is 26.6. The molecule has 0 bridgehead atoms. The number of amides is 2. The number of nitrogens with one attached hydrogen (secondary N) is 1. The monoisotopic (exact) mass is 366 g/mol. The van der Waals surface area contributed by atoms with Gasteiger partial charge in [-0.25, -0.2) is 4.79 Å². The number of ketones is 1. The lowest BCUT2D eigenvalue weighted by atomic mass is 9.94. The SMILES string of the molecule is CCN1C=C(C(=O)/C=C/c2ccc(Cl)cc2)C(c2ccccc2)NC1=O. The first-order valence-electron chi connectivity index (χ1n) is 8.40. The Morgan fingerprint density at radius 1 is 1.15 bits per heavy atom. The van der Waals surface area contributed by atoms with Gasteiger partial charge in [0.2, 0.25) is 0 Å². The van der Waals surface area contributed by atoms with Crippen LogP contribution in [0.5, 0.6) is 0 Å². The van der Waals surface area contributed by atoms with E-state index in [0.29, 0.717) is 17.1 Å². The lowest BCUT2D eigenvalue weighted by molar-refractivity contribution is -0.111. The second kappa shape index (κ2) is 8.02. The number of allylic oxidation sites excluding steroid dienone is 1. The van der Waals surface area contributed by atoms with Crippen molar-refractivity contribution in [2.75, 3.05) is 6.54 Å². The van der Waals surface area contributed by atoms with E-state index in [1.165, 1.54) is 11.0 Å². The molecule has 1 atom stereocenters. The highest BCUT2D eigenvalue weighted by Crippen LogP contribution is 2.27. The molecule has 1 aliphatic rings. The molecule has 0 fully saturated rings. The van der Waals surface area contributed by atoms with E-state index in [4.69, 9.17) is 11.6 Å². The van der Waals surface area contributed by atoms with Crippen LogP contribution in [0.4, 0.5) is 4.79 Å². The minimum atomic E-state index is -0.464. The van der Waals surface area contributed by atoms with Crippen LogP contribution in [0.15, 0.2) is 72.4 Å². The van der Waals surface area contributed by atoms with Gasteiger partial charge in [-0.1, -0.05) is 60.1 Å². The van der Waals surface area contributed by atoms with Crippen molar-refractivity contribution in [2.24, 2.45) is 0 Å². The van der Waals surface area contributed by atoms with Gasteiger partial charge in [-0.05, 0) is 36.3 Å². The first-order chi connectivity index (χ1) is 12.6. The smallest absolute Gasteiger partial charge is 0.322 e. The molecular formula is C21H19ClN2O2. The minimum Gasteiger partial charge on any atom is -0.327 e. The fourth-order valence-corrected chi connectivity index (χ4v) is 2.90. The predicted octanol–water partition coefficient (Wildman–Crippen LogP) is 4.59. The Morgan fingerprint density at radius 3 is 2.50 bits per heavy atom. The van der Waals surface area contributed by atoms with Crippen LogP contribution in [0.25, 0.3) is 6.08 Å². The van der Waals surface area contributed by atoms with Gasteiger partial charge in [0.15, 0.2) is 5.78 Å². The van der Waals surface area contributed by atoms with E-state index in [2.05, 4.69) is 5.32 Å². The Labute approximate surface area is 157 Å². The van der Waals surface area contributed by atoms with Crippen LogP contribution in [-0.4, -0.2) is 23.3 Å². The van der Waals surface area contributed by atoms with Gasteiger partial charge in [0.1, 0.15) is 0 Å². The van der Waals surface area contributed by atoms with Crippen molar-refractivity contribution in [3.8, 4) is 0 Å². The number of nitrogens with zero attached hydrogens (tertiary/aromatic N) is 1. The molecule has 3 rings (SSSR count). The largest absolute Gasteiger partial charge is 0.327 e. The van der Waals surface area contributed by atoms with Gasteiger partial charge in [-0.3, -0.25) is 4.79 Å². The summed E-state index contributed by atoms with van der Waals surface area (Å²) in [7, 11) is 0. The molecule has 5 heteroatoms. The number of rotatable bonds is 5. The molecule has 0 aliphatic carbocycles. The standard InChI is InChI=1S/C21H19ClN2O2/c1-2-24-14-18(19(25)13-10-15-8-11-17(22)12-9-15)20(23-21(24)26)16-6-4-3-5-7-16/h3-14,20H,2H2,1H3,(H,23,26)/b13-10+. The molecule has 1 aliphatic heterocycles. The molecule has 26 heavy (non-hydrogen) atoms. The van der Waals surface area contributed by atoms with Crippen molar-refractivity contribution in [2.45, 2.75) is 13.0 Å². The minimum absolute atomic E-state index is 0.146. The number of benzene rings is 2. The summed E-state index contributed by atoms with van der Waals surface area (Å²) in [5.41, 5.74) is 2.28. The summed E-state index contributed by atoms with van der Waals surface area (Å²) in [5.74, 6) is -0.146. The summed E-state index contributed by atoms with van der Waals surface area (Å²) in [6.45, 7) is 2.36. The first-order valence-corrected chi connectivity index (χ1v) is 8.78. The van der Waals surface area contributed by atoms with Gasteiger partial charge < -0.3 is 10.2 Å². The fraction of sp³-hybridized carbons (Fsp3) is 0.143. The highest BCUT2D eigenvalue weighted by atomic mass is 35.5. The number of carbonyl (C=O) groups is 2. The third-order valence-electron chi connectivity index (χ3n) is 4.19. The van der Waals surface area contributed by atoms with E-state index in [9.17, 15) is 9.59 Å².